The van der Waals surface area contributed by atoms with Crippen LogP contribution in [0.25, 0.3) is 0 Å². The number of hydrogen-bond acceptors (Lipinski definition) is 3. The van der Waals surface area contributed by atoms with Crippen LogP contribution in [0.3, 0.4) is 0 Å². The fourth-order valence-electron chi connectivity index (χ4n) is 2.97. The fourth-order valence-corrected chi connectivity index (χ4v) is 2.97. The van der Waals surface area contributed by atoms with Crippen molar-refractivity contribution in [2.24, 2.45) is 0 Å². The maximum absolute atomic E-state index is 12.7. The van der Waals surface area contributed by atoms with E-state index >= 15 is 0 Å². The molecule has 1 amide bonds. The molecule has 0 bridgehead atoms. The van der Waals surface area contributed by atoms with Gasteiger partial charge in [-0.2, -0.15) is 0 Å². The SMILES string of the molecule is CCC(CC)(CC(=O)O)NC(=O)C1CCOc2ccccc21. The Kier molecular flexibility index (Phi) is 5.06. The number of fused-ring (bicyclic) bond motifs is 1. The van der Waals surface area contributed by atoms with Gasteiger partial charge in [0, 0.05) is 11.1 Å². The summed E-state index contributed by atoms with van der Waals surface area (Å²) in [5.74, 6) is -0.543. The van der Waals surface area contributed by atoms with Crippen molar-refractivity contribution < 1.29 is 19.4 Å². The molecule has 1 unspecified atom stereocenters. The second-order valence-electron chi connectivity index (χ2n) is 5.77. The van der Waals surface area contributed by atoms with Crippen LogP contribution in [0.5, 0.6) is 5.75 Å². The average molecular weight is 305 g/mol. The van der Waals surface area contributed by atoms with E-state index in [2.05, 4.69) is 5.32 Å². The van der Waals surface area contributed by atoms with Crippen LogP contribution in [0.15, 0.2) is 24.3 Å². The topological polar surface area (TPSA) is 75.6 Å². The average Bonchev–Trinajstić information content (AvgIpc) is 2.53. The molecule has 0 aliphatic carbocycles. The van der Waals surface area contributed by atoms with Gasteiger partial charge in [0.1, 0.15) is 5.75 Å². The molecule has 1 aliphatic heterocycles. The maximum atomic E-state index is 12.7. The van der Waals surface area contributed by atoms with Gasteiger partial charge in [0.25, 0.3) is 0 Å². The summed E-state index contributed by atoms with van der Waals surface area (Å²) in [4.78, 5) is 23.8. The zero-order valence-corrected chi connectivity index (χ0v) is 13.1. The number of aliphatic carboxylic acids is 1. The van der Waals surface area contributed by atoms with Crippen LogP contribution >= 0.6 is 0 Å². The molecule has 120 valence electrons. The number of carbonyl (C=O) groups is 2. The first kappa shape index (κ1) is 16.3. The number of carboxylic acids is 1. The molecule has 1 heterocycles. The number of carboxylic acid groups (broad SMARTS) is 1. The molecule has 0 saturated heterocycles. The maximum Gasteiger partial charge on any atom is 0.305 e. The molecule has 1 aliphatic rings. The minimum Gasteiger partial charge on any atom is -0.493 e. The Hall–Kier alpha value is -2.04. The Labute approximate surface area is 130 Å². The van der Waals surface area contributed by atoms with Crippen LogP contribution in [0.4, 0.5) is 0 Å². The second kappa shape index (κ2) is 6.81. The quantitative estimate of drug-likeness (QED) is 0.847. The second-order valence-corrected chi connectivity index (χ2v) is 5.77. The summed E-state index contributed by atoms with van der Waals surface area (Å²) in [7, 11) is 0. The van der Waals surface area contributed by atoms with Gasteiger partial charge in [-0.1, -0.05) is 32.0 Å². The predicted molar refractivity (Wildman–Crippen MR) is 83.0 cm³/mol. The van der Waals surface area contributed by atoms with Gasteiger partial charge in [0.15, 0.2) is 0 Å². The number of para-hydroxylation sites is 1. The highest BCUT2D eigenvalue weighted by Crippen LogP contribution is 2.34. The van der Waals surface area contributed by atoms with Gasteiger partial charge in [-0.25, -0.2) is 0 Å². The largest absolute Gasteiger partial charge is 0.493 e. The summed E-state index contributed by atoms with van der Waals surface area (Å²) in [5.41, 5.74) is 0.193. The number of rotatable bonds is 6. The lowest BCUT2D eigenvalue weighted by Gasteiger charge is -2.34. The highest BCUT2D eigenvalue weighted by atomic mass is 16.5. The summed E-state index contributed by atoms with van der Waals surface area (Å²) < 4.78 is 5.58. The normalized spacial score (nSPS) is 17.3. The van der Waals surface area contributed by atoms with Crippen LogP contribution in [0.2, 0.25) is 0 Å². The molecule has 22 heavy (non-hydrogen) atoms. The Morgan fingerprint density at radius 3 is 2.64 bits per heavy atom. The van der Waals surface area contributed by atoms with Crippen LogP contribution in [-0.2, 0) is 9.59 Å². The van der Waals surface area contributed by atoms with Gasteiger partial charge in [-0.3, -0.25) is 9.59 Å². The van der Waals surface area contributed by atoms with Crippen LogP contribution < -0.4 is 10.1 Å². The summed E-state index contributed by atoms with van der Waals surface area (Å²) in [6.45, 7) is 4.31. The molecule has 0 aromatic heterocycles. The zero-order valence-electron chi connectivity index (χ0n) is 13.1. The highest BCUT2D eigenvalue weighted by molar-refractivity contribution is 5.86. The Bertz CT molecular complexity index is 551. The molecule has 0 radical (unpaired) electrons. The van der Waals surface area contributed by atoms with E-state index in [4.69, 9.17) is 9.84 Å². The standard InChI is InChI=1S/C17H23NO4/c1-3-17(4-2,11-15(19)20)18-16(21)13-9-10-22-14-8-6-5-7-12(13)14/h5-8,13H,3-4,9-11H2,1-2H3,(H,18,21)(H,19,20). The molecule has 0 fully saturated rings. The Morgan fingerprint density at radius 2 is 2.00 bits per heavy atom. The van der Waals surface area contributed by atoms with Gasteiger partial charge >= 0.3 is 5.97 Å². The number of carbonyl (C=O) groups excluding carboxylic acids is 1. The minimum absolute atomic E-state index is 0.0589. The molecule has 1 aromatic rings. The number of hydrogen-bond donors (Lipinski definition) is 2. The van der Waals surface area contributed by atoms with E-state index in [1.54, 1.807) is 0 Å². The van der Waals surface area contributed by atoms with E-state index in [-0.39, 0.29) is 18.2 Å². The molecule has 0 saturated carbocycles. The third-order valence-electron chi connectivity index (χ3n) is 4.51. The first-order valence-electron chi connectivity index (χ1n) is 7.77. The Balaban J connectivity index is 2.20. The monoisotopic (exact) mass is 305 g/mol. The van der Waals surface area contributed by atoms with Crippen LogP contribution in [0, 0.1) is 0 Å². The number of ether oxygens (including phenoxy) is 1. The van der Waals surface area contributed by atoms with Crippen molar-refractivity contribution in [3.05, 3.63) is 29.8 Å². The van der Waals surface area contributed by atoms with E-state index < -0.39 is 11.5 Å². The third kappa shape index (κ3) is 3.40. The fraction of sp³-hybridized carbons (Fsp3) is 0.529. The van der Waals surface area contributed by atoms with E-state index in [1.807, 2.05) is 38.1 Å². The van der Waals surface area contributed by atoms with Crippen molar-refractivity contribution in [2.45, 2.75) is 51.0 Å². The van der Waals surface area contributed by atoms with Gasteiger partial charge < -0.3 is 15.2 Å². The van der Waals surface area contributed by atoms with Gasteiger partial charge in [0.2, 0.25) is 5.91 Å². The lowest BCUT2D eigenvalue weighted by molar-refractivity contribution is -0.139. The van der Waals surface area contributed by atoms with Crippen LogP contribution in [0.1, 0.15) is 51.0 Å². The summed E-state index contributed by atoms with van der Waals surface area (Å²) in [6, 6.07) is 7.53. The summed E-state index contributed by atoms with van der Waals surface area (Å²) >= 11 is 0. The smallest absolute Gasteiger partial charge is 0.305 e. The molecular formula is C17H23NO4. The van der Waals surface area contributed by atoms with Crippen molar-refractivity contribution in [2.75, 3.05) is 6.61 Å². The third-order valence-corrected chi connectivity index (χ3v) is 4.51. The number of benzene rings is 1. The van der Waals surface area contributed by atoms with Crippen molar-refractivity contribution in [3.8, 4) is 5.75 Å². The van der Waals surface area contributed by atoms with Crippen LogP contribution in [-0.4, -0.2) is 29.1 Å². The molecule has 1 atom stereocenters. The molecule has 5 nitrogen and oxygen atoms in total. The van der Waals surface area contributed by atoms with E-state index in [9.17, 15) is 9.59 Å². The molecule has 2 N–H and O–H groups in total. The molecule has 1 aromatic carbocycles. The zero-order chi connectivity index (χ0) is 16.2. The highest BCUT2D eigenvalue weighted by Gasteiger charge is 2.35. The minimum atomic E-state index is -0.892. The van der Waals surface area contributed by atoms with E-state index in [0.29, 0.717) is 25.9 Å². The van der Waals surface area contributed by atoms with Crippen molar-refractivity contribution in [1.29, 1.82) is 0 Å². The Morgan fingerprint density at radius 1 is 1.32 bits per heavy atom. The summed E-state index contributed by atoms with van der Waals surface area (Å²) in [6.07, 6.45) is 1.73. The molecule has 2 rings (SSSR count). The number of nitrogens with one attached hydrogen (secondary N) is 1. The van der Waals surface area contributed by atoms with E-state index in [0.717, 1.165) is 11.3 Å². The van der Waals surface area contributed by atoms with Gasteiger partial charge in [-0.15, -0.1) is 0 Å². The first-order valence-corrected chi connectivity index (χ1v) is 7.77. The molecule has 5 heteroatoms. The van der Waals surface area contributed by atoms with Crippen molar-refractivity contribution >= 4 is 11.9 Å². The number of amides is 1. The predicted octanol–water partition coefficient (Wildman–Crippen LogP) is 2.70. The van der Waals surface area contributed by atoms with Gasteiger partial charge in [0.05, 0.1) is 18.9 Å². The first-order chi connectivity index (χ1) is 10.5. The van der Waals surface area contributed by atoms with Gasteiger partial charge in [-0.05, 0) is 25.3 Å². The van der Waals surface area contributed by atoms with Crippen molar-refractivity contribution in [1.82, 2.24) is 5.32 Å². The molecular weight excluding hydrogens is 282 g/mol. The summed E-state index contributed by atoms with van der Waals surface area (Å²) in [5, 5.41) is 12.1. The van der Waals surface area contributed by atoms with Crippen molar-refractivity contribution in [3.63, 3.8) is 0 Å². The van der Waals surface area contributed by atoms with E-state index in [1.165, 1.54) is 0 Å². The lowest BCUT2D eigenvalue weighted by Crippen LogP contribution is -2.51. The molecule has 0 spiro atoms. The lowest BCUT2D eigenvalue weighted by atomic mass is 9.86.